The molecule has 0 spiro atoms. The van der Waals surface area contributed by atoms with Crippen LogP contribution in [0.1, 0.15) is 17.3 Å². The first-order valence-corrected chi connectivity index (χ1v) is 9.54. The highest BCUT2D eigenvalue weighted by atomic mass is 16.5. The first-order chi connectivity index (χ1) is 15.2. The first kappa shape index (κ1) is 18.7. The third-order valence-corrected chi connectivity index (χ3v) is 4.94. The number of aromatic hydroxyl groups is 1. The van der Waals surface area contributed by atoms with Crippen molar-refractivity contribution in [1.29, 1.82) is 0 Å². The van der Waals surface area contributed by atoms with Gasteiger partial charge in [-0.15, -0.1) is 10.2 Å². The minimum absolute atomic E-state index is 0.137. The summed E-state index contributed by atoms with van der Waals surface area (Å²) in [7, 11) is 0. The SMILES string of the molecule is O=c1c(-c2ccc(O)cc2)coc2cc(OCc3cccc(C4N=NN=N4)c3)ccc12. The Kier molecular flexibility index (Phi) is 4.72. The smallest absolute Gasteiger partial charge is 0.210 e. The molecule has 152 valence electrons. The summed E-state index contributed by atoms with van der Waals surface area (Å²) in [6, 6.07) is 19.2. The van der Waals surface area contributed by atoms with Gasteiger partial charge in [0.15, 0.2) is 5.43 Å². The molecule has 0 aliphatic carbocycles. The van der Waals surface area contributed by atoms with Gasteiger partial charge in [-0.3, -0.25) is 4.79 Å². The summed E-state index contributed by atoms with van der Waals surface area (Å²) in [6.07, 6.45) is 1.02. The summed E-state index contributed by atoms with van der Waals surface area (Å²) >= 11 is 0. The fourth-order valence-electron chi connectivity index (χ4n) is 3.35. The number of phenols is 1. The number of nitrogens with zero attached hydrogens (tertiary/aromatic N) is 4. The Labute approximate surface area is 176 Å². The summed E-state index contributed by atoms with van der Waals surface area (Å²) in [6.45, 7) is 0.330. The molecular formula is C23H16N4O4. The van der Waals surface area contributed by atoms with Gasteiger partial charge >= 0.3 is 0 Å². The van der Waals surface area contributed by atoms with Crippen LogP contribution in [0.3, 0.4) is 0 Å². The molecule has 4 aromatic rings. The molecule has 0 fully saturated rings. The van der Waals surface area contributed by atoms with E-state index in [1.54, 1.807) is 30.3 Å². The topological polar surface area (TPSA) is 109 Å². The van der Waals surface area contributed by atoms with Gasteiger partial charge in [-0.1, -0.05) is 30.3 Å². The maximum Gasteiger partial charge on any atom is 0.210 e. The summed E-state index contributed by atoms with van der Waals surface area (Å²) in [5.74, 6) is 0.719. The van der Waals surface area contributed by atoms with Crippen LogP contribution in [0.5, 0.6) is 11.5 Å². The lowest BCUT2D eigenvalue weighted by Crippen LogP contribution is -2.05. The zero-order valence-electron chi connectivity index (χ0n) is 16.2. The van der Waals surface area contributed by atoms with E-state index in [1.807, 2.05) is 24.3 Å². The van der Waals surface area contributed by atoms with Crippen LogP contribution >= 0.6 is 0 Å². The third-order valence-electron chi connectivity index (χ3n) is 4.94. The van der Waals surface area contributed by atoms with Crippen LogP contribution in [0, 0.1) is 0 Å². The van der Waals surface area contributed by atoms with Gasteiger partial charge in [0.05, 0.1) is 10.9 Å². The summed E-state index contributed by atoms with van der Waals surface area (Å²) in [4.78, 5) is 12.9. The number of ether oxygens (including phenoxy) is 1. The number of rotatable bonds is 5. The number of hydrogen-bond acceptors (Lipinski definition) is 8. The molecule has 1 aliphatic rings. The number of benzene rings is 3. The van der Waals surface area contributed by atoms with Crippen molar-refractivity contribution in [3.8, 4) is 22.6 Å². The van der Waals surface area contributed by atoms with Gasteiger partial charge in [0.25, 0.3) is 0 Å². The Morgan fingerprint density at radius 3 is 2.58 bits per heavy atom. The second kappa shape index (κ2) is 7.83. The molecule has 0 saturated heterocycles. The van der Waals surface area contributed by atoms with Gasteiger partial charge in [0, 0.05) is 11.6 Å². The molecule has 5 rings (SSSR count). The lowest BCUT2D eigenvalue weighted by Gasteiger charge is -2.09. The predicted molar refractivity (Wildman–Crippen MR) is 113 cm³/mol. The molecule has 31 heavy (non-hydrogen) atoms. The Hall–Kier alpha value is -4.33. The van der Waals surface area contributed by atoms with Crippen molar-refractivity contribution >= 4 is 11.0 Å². The van der Waals surface area contributed by atoms with Crippen LogP contribution in [-0.2, 0) is 6.61 Å². The van der Waals surface area contributed by atoms with E-state index < -0.39 is 6.17 Å². The van der Waals surface area contributed by atoms with Crippen LogP contribution in [-0.4, -0.2) is 5.11 Å². The van der Waals surface area contributed by atoms with Crippen LogP contribution in [0.4, 0.5) is 0 Å². The zero-order valence-corrected chi connectivity index (χ0v) is 16.2. The van der Waals surface area contributed by atoms with Crippen molar-refractivity contribution < 1.29 is 14.3 Å². The van der Waals surface area contributed by atoms with Crippen LogP contribution < -0.4 is 10.2 Å². The summed E-state index contributed by atoms with van der Waals surface area (Å²) < 4.78 is 11.6. The van der Waals surface area contributed by atoms with Crippen molar-refractivity contribution in [2.24, 2.45) is 20.7 Å². The monoisotopic (exact) mass is 412 g/mol. The molecule has 1 aliphatic heterocycles. The van der Waals surface area contributed by atoms with Gasteiger partial charge in [-0.05, 0) is 51.9 Å². The molecule has 1 N–H and O–H groups in total. The average Bonchev–Trinajstić information content (AvgIpc) is 3.34. The molecule has 8 nitrogen and oxygen atoms in total. The van der Waals surface area contributed by atoms with Gasteiger partial charge in [0.1, 0.15) is 30.0 Å². The van der Waals surface area contributed by atoms with E-state index in [-0.39, 0.29) is 11.2 Å². The highest BCUT2D eigenvalue weighted by Gasteiger charge is 2.13. The summed E-state index contributed by atoms with van der Waals surface area (Å²) in [5, 5.41) is 24.8. The van der Waals surface area contributed by atoms with Gasteiger partial charge in [0.2, 0.25) is 6.17 Å². The van der Waals surface area contributed by atoms with Gasteiger partial charge < -0.3 is 14.3 Å². The number of hydrogen-bond donors (Lipinski definition) is 1. The molecule has 0 atom stereocenters. The van der Waals surface area contributed by atoms with E-state index in [9.17, 15) is 9.90 Å². The molecule has 2 heterocycles. The Bertz CT molecular complexity index is 1360. The fraction of sp³-hybridized carbons (Fsp3) is 0.0870. The molecular weight excluding hydrogens is 396 g/mol. The second-order valence-corrected chi connectivity index (χ2v) is 7.00. The molecule has 0 radical (unpaired) electrons. The fourth-order valence-corrected chi connectivity index (χ4v) is 3.35. The minimum Gasteiger partial charge on any atom is -0.508 e. The lowest BCUT2D eigenvalue weighted by molar-refractivity contribution is 0.306. The van der Waals surface area contributed by atoms with E-state index >= 15 is 0 Å². The van der Waals surface area contributed by atoms with Crippen molar-refractivity contribution in [2.45, 2.75) is 12.8 Å². The zero-order chi connectivity index (χ0) is 21.2. The van der Waals surface area contributed by atoms with Crippen LogP contribution in [0.25, 0.3) is 22.1 Å². The molecule has 0 saturated carbocycles. The minimum atomic E-state index is -0.405. The van der Waals surface area contributed by atoms with Crippen molar-refractivity contribution in [3.63, 3.8) is 0 Å². The maximum absolute atomic E-state index is 12.9. The standard InChI is InChI=1S/C23H16N4O4/c28-17-6-4-15(5-7-17)20-13-31-21-11-18(8-9-19(21)22(20)29)30-12-14-2-1-3-16(10-14)23-24-26-27-25-23/h1-11,13,23,28H,12H2. The average molecular weight is 412 g/mol. The lowest BCUT2D eigenvalue weighted by atomic mass is 10.1. The molecule has 0 unspecified atom stereocenters. The van der Waals surface area contributed by atoms with Gasteiger partial charge in [-0.2, -0.15) is 0 Å². The molecule has 1 aromatic heterocycles. The molecule has 3 aromatic carbocycles. The van der Waals surface area contributed by atoms with E-state index in [2.05, 4.69) is 20.7 Å². The highest BCUT2D eigenvalue weighted by Crippen LogP contribution is 2.27. The van der Waals surface area contributed by atoms with Crippen LogP contribution in [0.15, 0.2) is 103 Å². The quantitative estimate of drug-likeness (QED) is 0.462. The van der Waals surface area contributed by atoms with E-state index in [0.29, 0.717) is 34.5 Å². The highest BCUT2D eigenvalue weighted by molar-refractivity contribution is 5.82. The summed E-state index contributed by atoms with van der Waals surface area (Å²) in [5.41, 5.74) is 3.22. The Morgan fingerprint density at radius 1 is 0.968 bits per heavy atom. The van der Waals surface area contributed by atoms with Gasteiger partial charge in [-0.25, -0.2) is 0 Å². The largest absolute Gasteiger partial charge is 0.508 e. The second-order valence-electron chi connectivity index (χ2n) is 7.00. The van der Waals surface area contributed by atoms with E-state index in [4.69, 9.17) is 9.15 Å². The Morgan fingerprint density at radius 2 is 1.77 bits per heavy atom. The number of fused-ring (bicyclic) bond motifs is 1. The Balaban J connectivity index is 1.37. The molecule has 0 bridgehead atoms. The molecule has 8 heteroatoms. The first-order valence-electron chi connectivity index (χ1n) is 9.54. The maximum atomic E-state index is 12.9. The normalized spacial score (nSPS) is 13.2. The van der Waals surface area contributed by atoms with Crippen molar-refractivity contribution in [1.82, 2.24) is 0 Å². The molecule has 0 amide bonds. The third kappa shape index (κ3) is 3.78. The van der Waals surface area contributed by atoms with Crippen molar-refractivity contribution in [3.05, 3.63) is 94.3 Å². The van der Waals surface area contributed by atoms with E-state index in [1.165, 1.54) is 18.4 Å². The van der Waals surface area contributed by atoms with Crippen LogP contribution in [0.2, 0.25) is 0 Å². The van der Waals surface area contributed by atoms with Crippen molar-refractivity contribution in [2.75, 3.05) is 0 Å². The predicted octanol–water partition coefficient (Wildman–Crippen LogP) is 5.58. The number of phenolic OH excluding ortho intramolecular Hbond substituents is 1. The van der Waals surface area contributed by atoms with E-state index in [0.717, 1.165) is 11.1 Å².